The van der Waals surface area contributed by atoms with Crippen LogP contribution in [0.2, 0.25) is 0 Å². The number of hydrogen-bond acceptors (Lipinski definition) is 4. The summed E-state index contributed by atoms with van der Waals surface area (Å²) in [5.74, 6) is 3.06. The van der Waals surface area contributed by atoms with Crippen LogP contribution in [0.15, 0.2) is 23.3 Å². The lowest BCUT2D eigenvalue weighted by molar-refractivity contribution is 0.842. The molecule has 2 N–H and O–H groups in total. The Morgan fingerprint density at radius 1 is 1.36 bits per heavy atom. The highest BCUT2D eigenvalue weighted by Crippen LogP contribution is 2.18. The average Bonchev–Trinajstić information content (AvgIpc) is 3.07. The van der Waals surface area contributed by atoms with Crippen LogP contribution in [0.1, 0.15) is 25.3 Å². The van der Waals surface area contributed by atoms with Gasteiger partial charge in [-0.25, -0.2) is 9.98 Å². The Kier molecular flexibility index (Phi) is 7.36. The van der Waals surface area contributed by atoms with Crippen LogP contribution in [-0.4, -0.2) is 49.1 Å². The van der Waals surface area contributed by atoms with Gasteiger partial charge in [0.05, 0.1) is 6.54 Å². The fourth-order valence-corrected chi connectivity index (χ4v) is 2.77. The van der Waals surface area contributed by atoms with Crippen molar-refractivity contribution < 1.29 is 0 Å². The van der Waals surface area contributed by atoms with Crippen molar-refractivity contribution in [2.45, 2.75) is 26.3 Å². The minimum atomic E-state index is 0.679. The van der Waals surface area contributed by atoms with Crippen LogP contribution in [0.4, 0.5) is 5.82 Å². The number of thioether (sulfide) groups is 1. The summed E-state index contributed by atoms with van der Waals surface area (Å²) in [5.41, 5.74) is 1.21. The van der Waals surface area contributed by atoms with E-state index in [0.29, 0.717) is 6.54 Å². The lowest BCUT2D eigenvalue weighted by Gasteiger charge is -2.16. The molecule has 1 aromatic heterocycles. The summed E-state index contributed by atoms with van der Waals surface area (Å²) in [7, 11) is 0. The monoisotopic (exact) mass is 321 g/mol. The van der Waals surface area contributed by atoms with Gasteiger partial charge in [-0.3, -0.25) is 0 Å². The second kappa shape index (κ2) is 9.56. The minimum Gasteiger partial charge on any atom is -0.357 e. The summed E-state index contributed by atoms with van der Waals surface area (Å²) in [5, 5.41) is 6.64. The van der Waals surface area contributed by atoms with Crippen LogP contribution in [0, 0.1) is 0 Å². The predicted molar refractivity (Wildman–Crippen MR) is 96.9 cm³/mol. The molecule has 1 saturated heterocycles. The Labute approximate surface area is 138 Å². The fourth-order valence-electron chi connectivity index (χ4n) is 2.46. The Morgan fingerprint density at radius 3 is 2.91 bits per heavy atom. The molecule has 22 heavy (non-hydrogen) atoms. The average molecular weight is 321 g/mol. The maximum absolute atomic E-state index is 4.66. The third kappa shape index (κ3) is 5.40. The molecule has 1 aliphatic heterocycles. The van der Waals surface area contributed by atoms with E-state index in [9.17, 15) is 0 Å². The smallest absolute Gasteiger partial charge is 0.191 e. The molecule has 1 aliphatic rings. The van der Waals surface area contributed by atoms with Crippen molar-refractivity contribution in [3.8, 4) is 0 Å². The van der Waals surface area contributed by atoms with Crippen molar-refractivity contribution in [1.82, 2.24) is 15.6 Å². The number of anilines is 1. The third-order valence-corrected chi connectivity index (χ3v) is 4.21. The number of nitrogens with one attached hydrogen (secondary N) is 2. The first-order valence-electron chi connectivity index (χ1n) is 8.04. The van der Waals surface area contributed by atoms with E-state index in [-0.39, 0.29) is 0 Å². The fraction of sp³-hybridized carbons (Fsp3) is 0.625. The van der Waals surface area contributed by atoms with E-state index >= 15 is 0 Å². The first-order chi connectivity index (χ1) is 10.8. The van der Waals surface area contributed by atoms with Gasteiger partial charge in [0.25, 0.3) is 0 Å². The molecule has 0 saturated carbocycles. The highest BCUT2D eigenvalue weighted by atomic mass is 32.2. The van der Waals surface area contributed by atoms with E-state index in [1.165, 1.54) is 18.4 Å². The largest absolute Gasteiger partial charge is 0.357 e. The van der Waals surface area contributed by atoms with Gasteiger partial charge in [-0.15, -0.1) is 0 Å². The van der Waals surface area contributed by atoms with Crippen LogP contribution >= 0.6 is 11.8 Å². The van der Waals surface area contributed by atoms with E-state index in [1.54, 1.807) is 0 Å². The SMILES string of the molecule is CCNC(=NCc1ccnc(N2CCCC2)c1)NCCSC. The lowest BCUT2D eigenvalue weighted by Crippen LogP contribution is -2.38. The number of guanidine groups is 1. The molecule has 0 spiro atoms. The standard InChI is InChI=1S/C16H27N5S/c1-3-17-16(19-8-11-22-2)20-13-14-6-7-18-15(12-14)21-9-4-5-10-21/h6-7,12H,3-5,8-11,13H2,1-2H3,(H2,17,19,20). The molecule has 5 nitrogen and oxygen atoms in total. The van der Waals surface area contributed by atoms with Crippen molar-refractivity contribution in [3.05, 3.63) is 23.9 Å². The summed E-state index contributed by atoms with van der Waals surface area (Å²) in [6, 6.07) is 4.22. The molecular formula is C16H27N5S. The van der Waals surface area contributed by atoms with E-state index in [4.69, 9.17) is 0 Å². The normalized spacial score (nSPS) is 15.2. The quantitative estimate of drug-likeness (QED) is 0.458. The van der Waals surface area contributed by atoms with Crippen LogP contribution < -0.4 is 15.5 Å². The molecule has 0 unspecified atom stereocenters. The van der Waals surface area contributed by atoms with Crippen molar-refractivity contribution in [2.75, 3.05) is 43.1 Å². The first-order valence-corrected chi connectivity index (χ1v) is 9.44. The van der Waals surface area contributed by atoms with Crippen molar-refractivity contribution in [3.63, 3.8) is 0 Å². The third-order valence-electron chi connectivity index (χ3n) is 3.60. The molecule has 1 fully saturated rings. The molecule has 0 atom stereocenters. The number of aliphatic imine (C=N–C) groups is 1. The highest BCUT2D eigenvalue weighted by molar-refractivity contribution is 7.98. The summed E-state index contributed by atoms with van der Waals surface area (Å²) in [6.07, 6.45) is 6.55. The minimum absolute atomic E-state index is 0.679. The van der Waals surface area contributed by atoms with Gasteiger partial charge < -0.3 is 15.5 Å². The summed E-state index contributed by atoms with van der Waals surface area (Å²) in [4.78, 5) is 11.5. The van der Waals surface area contributed by atoms with Gasteiger partial charge >= 0.3 is 0 Å². The van der Waals surface area contributed by atoms with E-state index in [0.717, 1.165) is 43.7 Å². The number of hydrogen-bond donors (Lipinski definition) is 2. The number of pyridine rings is 1. The summed E-state index contributed by atoms with van der Waals surface area (Å²) in [6.45, 7) is 6.82. The molecule has 0 aromatic carbocycles. The second-order valence-corrected chi connectivity index (χ2v) is 6.32. The molecule has 2 heterocycles. The molecule has 2 rings (SSSR count). The number of nitrogens with zero attached hydrogens (tertiary/aromatic N) is 3. The number of aromatic nitrogens is 1. The topological polar surface area (TPSA) is 52.6 Å². The highest BCUT2D eigenvalue weighted by Gasteiger charge is 2.13. The van der Waals surface area contributed by atoms with Gasteiger partial charge in [0.2, 0.25) is 0 Å². The second-order valence-electron chi connectivity index (χ2n) is 5.33. The zero-order valence-electron chi connectivity index (χ0n) is 13.6. The van der Waals surface area contributed by atoms with Gasteiger partial charge in [0.15, 0.2) is 5.96 Å². The van der Waals surface area contributed by atoms with E-state index in [1.807, 2.05) is 18.0 Å². The van der Waals surface area contributed by atoms with Crippen LogP contribution in [0.5, 0.6) is 0 Å². The van der Waals surface area contributed by atoms with Gasteiger partial charge in [0, 0.05) is 38.1 Å². The van der Waals surface area contributed by atoms with Crippen molar-refractivity contribution in [2.24, 2.45) is 4.99 Å². The Balaban J connectivity index is 1.95. The van der Waals surface area contributed by atoms with Gasteiger partial charge in [-0.05, 0) is 43.7 Å². The summed E-state index contributed by atoms with van der Waals surface area (Å²) >= 11 is 1.83. The van der Waals surface area contributed by atoms with Gasteiger partial charge in [-0.2, -0.15) is 11.8 Å². The molecule has 0 amide bonds. The number of rotatable bonds is 7. The predicted octanol–water partition coefficient (Wildman–Crippen LogP) is 2.10. The Hall–Kier alpha value is -1.43. The molecule has 122 valence electrons. The Bertz CT molecular complexity index is 471. The van der Waals surface area contributed by atoms with Crippen LogP contribution in [0.25, 0.3) is 0 Å². The van der Waals surface area contributed by atoms with Gasteiger partial charge in [-0.1, -0.05) is 0 Å². The maximum Gasteiger partial charge on any atom is 0.191 e. The lowest BCUT2D eigenvalue weighted by atomic mass is 10.2. The maximum atomic E-state index is 4.66. The van der Waals surface area contributed by atoms with Crippen molar-refractivity contribution in [1.29, 1.82) is 0 Å². The molecule has 0 aliphatic carbocycles. The zero-order valence-corrected chi connectivity index (χ0v) is 14.5. The first kappa shape index (κ1) is 16.9. The summed E-state index contributed by atoms with van der Waals surface area (Å²) < 4.78 is 0. The zero-order chi connectivity index (χ0) is 15.6. The van der Waals surface area contributed by atoms with Gasteiger partial charge in [0.1, 0.15) is 5.82 Å². The van der Waals surface area contributed by atoms with Crippen molar-refractivity contribution >= 4 is 23.5 Å². The molecule has 0 radical (unpaired) electrons. The molecule has 6 heteroatoms. The van der Waals surface area contributed by atoms with E-state index < -0.39 is 0 Å². The van der Waals surface area contributed by atoms with E-state index in [2.05, 4.69) is 50.8 Å². The molecular weight excluding hydrogens is 294 g/mol. The van der Waals surface area contributed by atoms with Crippen LogP contribution in [0.3, 0.4) is 0 Å². The Morgan fingerprint density at radius 2 is 2.18 bits per heavy atom. The van der Waals surface area contributed by atoms with Crippen LogP contribution in [-0.2, 0) is 6.54 Å². The molecule has 0 bridgehead atoms. The molecule has 1 aromatic rings.